The van der Waals surface area contributed by atoms with Gasteiger partial charge >= 0.3 is 0 Å². The molecule has 0 radical (unpaired) electrons. The summed E-state index contributed by atoms with van der Waals surface area (Å²) >= 11 is 0. The van der Waals surface area contributed by atoms with Gasteiger partial charge in [-0.15, -0.1) is 0 Å². The average Bonchev–Trinajstić information content (AvgIpc) is 3.02. The van der Waals surface area contributed by atoms with Gasteiger partial charge in [-0.1, -0.05) is 0 Å². The van der Waals surface area contributed by atoms with Gasteiger partial charge in [-0.2, -0.15) is 0 Å². The van der Waals surface area contributed by atoms with Crippen molar-refractivity contribution in [3.63, 3.8) is 0 Å². The number of nitrogens with two attached hydrogens (primary N) is 1. The molecule has 4 heteroatoms. The number of hydrogen-bond donors (Lipinski definition) is 2. The van der Waals surface area contributed by atoms with Crippen molar-refractivity contribution in [2.45, 2.75) is 12.8 Å². The highest BCUT2D eigenvalue weighted by molar-refractivity contribution is 5.94. The Hall–Kier alpha value is -1.58. The number of carbonyl (C=O) groups excluding carboxylic acids is 1. The lowest BCUT2D eigenvalue weighted by Crippen LogP contribution is -2.25. The number of nitrogen functional groups attached to an aromatic ring is 1. The Balaban J connectivity index is 2.00. The number of amides is 1. The van der Waals surface area contributed by atoms with Gasteiger partial charge in [0.1, 0.15) is 5.82 Å². The summed E-state index contributed by atoms with van der Waals surface area (Å²) in [4.78, 5) is 11.5. The van der Waals surface area contributed by atoms with Gasteiger partial charge in [0.15, 0.2) is 0 Å². The second-order valence-corrected chi connectivity index (χ2v) is 3.89. The van der Waals surface area contributed by atoms with Gasteiger partial charge in [0.25, 0.3) is 5.91 Å². The Morgan fingerprint density at radius 1 is 1.53 bits per heavy atom. The number of hydrogen-bond acceptors (Lipinski definition) is 2. The summed E-state index contributed by atoms with van der Waals surface area (Å²) in [6.07, 6.45) is 2.35. The van der Waals surface area contributed by atoms with Gasteiger partial charge in [-0.05, 0) is 37.0 Å². The number of nitrogens with one attached hydrogen (secondary N) is 1. The highest BCUT2D eigenvalue weighted by atomic mass is 19.1. The first-order chi connectivity index (χ1) is 7.16. The lowest BCUT2D eigenvalue weighted by atomic mass is 10.2. The average molecular weight is 208 g/mol. The molecule has 1 aromatic carbocycles. The fraction of sp³-hybridized carbons (Fsp3) is 0.364. The minimum atomic E-state index is -0.547. The standard InChI is InChI=1S/C11H13FN2O/c12-9-5-8(3-4-10(9)13)11(15)14-6-7-1-2-7/h3-5,7H,1-2,6,13H2,(H,14,15). The third kappa shape index (κ3) is 2.46. The molecule has 3 nitrogen and oxygen atoms in total. The SMILES string of the molecule is Nc1ccc(C(=O)NCC2CC2)cc1F. The summed E-state index contributed by atoms with van der Waals surface area (Å²) in [6, 6.07) is 4.10. The van der Waals surface area contributed by atoms with Gasteiger partial charge in [-0.3, -0.25) is 4.79 Å². The van der Waals surface area contributed by atoms with Crippen LogP contribution < -0.4 is 11.1 Å². The maximum Gasteiger partial charge on any atom is 0.251 e. The van der Waals surface area contributed by atoms with Crippen molar-refractivity contribution in [2.24, 2.45) is 5.92 Å². The van der Waals surface area contributed by atoms with E-state index in [9.17, 15) is 9.18 Å². The van der Waals surface area contributed by atoms with E-state index in [2.05, 4.69) is 5.32 Å². The van der Waals surface area contributed by atoms with Crippen molar-refractivity contribution in [3.05, 3.63) is 29.6 Å². The van der Waals surface area contributed by atoms with Crippen LogP contribution >= 0.6 is 0 Å². The topological polar surface area (TPSA) is 55.1 Å². The molecule has 15 heavy (non-hydrogen) atoms. The molecular formula is C11H13FN2O. The molecule has 1 aliphatic carbocycles. The van der Waals surface area contributed by atoms with Crippen LogP contribution in [-0.4, -0.2) is 12.5 Å². The monoisotopic (exact) mass is 208 g/mol. The molecule has 0 heterocycles. The van der Waals surface area contributed by atoms with Gasteiger partial charge in [0, 0.05) is 12.1 Å². The Kier molecular flexibility index (Phi) is 2.58. The predicted octanol–water partition coefficient (Wildman–Crippen LogP) is 1.55. The van der Waals surface area contributed by atoms with Crippen molar-refractivity contribution < 1.29 is 9.18 Å². The Labute approximate surface area is 87.5 Å². The predicted molar refractivity (Wildman–Crippen MR) is 55.9 cm³/mol. The lowest BCUT2D eigenvalue weighted by molar-refractivity contribution is 0.0951. The molecule has 0 aliphatic heterocycles. The maximum atomic E-state index is 13.0. The van der Waals surface area contributed by atoms with Gasteiger partial charge < -0.3 is 11.1 Å². The quantitative estimate of drug-likeness (QED) is 0.740. The summed E-state index contributed by atoms with van der Waals surface area (Å²) in [6.45, 7) is 0.685. The zero-order valence-corrected chi connectivity index (χ0v) is 8.29. The van der Waals surface area contributed by atoms with E-state index in [0.29, 0.717) is 18.0 Å². The highest BCUT2D eigenvalue weighted by Gasteiger charge is 2.21. The number of carbonyl (C=O) groups is 1. The Morgan fingerprint density at radius 3 is 2.87 bits per heavy atom. The number of anilines is 1. The van der Waals surface area contributed by atoms with Crippen LogP contribution in [0.1, 0.15) is 23.2 Å². The molecule has 3 N–H and O–H groups in total. The minimum absolute atomic E-state index is 0.0637. The molecule has 0 bridgehead atoms. The van der Waals surface area contributed by atoms with E-state index in [1.54, 1.807) is 0 Å². The van der Waals surface area contributed by atoms with Crippen molar-refractivity contribution >= 4 is 11.6 Å². The molecule has 1 fully saturated rings. The maximum absolute atomic E-state index is 13.0. The minimum Gasteiger partial charge on any atom is -0.396 e. The molecule has 0 saturated heterocycles. The number of rotatable bonds is 3. The zero-order chi connectivity index (χ0) is 10.8. The van der Waals surface area contributed by atoms with E-state index in [4.69, 9.17) is 5.73 Å². The van der Waals surface area contributed by atoms with Gasteiger partial charge in [0.2, 0.25) is 0 Å². The number of halogens is 1. The summed E-state index contributed by atoms with van der Waals surface area (Å²) in [5.41, 5.74) is 5.70. The third-order valence-electron chi connectivity index (χ3n) is 2.51. The van der Waals surface area contributed by atoms with Crippen molar-refractivity contribution in [1.82, 2.24) is 5.32 Å². The lowest BCUT2D eigenvalue weighted by Gasteiger charge is -2.04. The zero-order valence-electron chi connectivity index (χ0n) is 8.29. The molecular weight excluding hydrogens is 195 g/mol. The van der Waals surface area contributed by atoms with E-state index >= 15 is 0 Å². The van der Waals surface area contributed by atoms with Crippen LogP contribution in [0.4, 0.5) is 10.1 Å². The van der Waals surface area contributed by atoms with E-state index in [1.165, 1.54) is 25.0 Å². The molecule has 2 rings (SSSR count). The molecule has 0 unspecified atom stereocenters. The third-order valence-corrected chi connectivity index (χ3v) is 2.51. The molecule has 1 aliphatic rings. The van der Waals surface area contributed by atoms with E-state index in [1.807, 2.05) is 0 Å². The van der Waals surface area contributed by atoms with E-state index in [0.717, 1.165) is 6.07 Å². The molecule has 1 saturated carbocycles. The van der Waals surface area contributed by atoms with Crippen molar-refractivity contribution in [3.8, 4) is 0 Å². The van der Waals surface area contributed by atoms with Gasteiger partial charge in [0.05, 0.1) is 5.69 Å². The second kappa shape index (κ2) is 3.88. The molecule has 1 aromatic rings. The Bertz CT molecular complexity index is 388. The van der Waals surface area contributed by atoms with Crippen LogP contribution in [0, 0.1) is 11.7 Å². The van der Waals surface area contributed by atoms with E-state index < -0.39 is 5.82 Å². The van der Waals surface area contributed by atoms with Crippen LogP contribution in [0.25, 0.3) is 0 Å². The summed E-state index contributed by atoms with van der Waals surface area (Å²) in [5.74, 6) is -0.164. The molecule has 0 aromatic heterocycles. The fourth-order valence-electron chi connectivity index (χ4n) is 1.33. The Morgan fingerprint density at radius 2 is 2.27 bits per heavy atom. The largest absolute Gasteiger partial charge is 0.396 e. The van der Waals surface area contributed by atoms with Crippen LogP contribution in [0.2, 0.25) is 0 Å². The smallest absolute Gasteiger partial charge is 0.251 e. The normalized spacial score (nSPS) is 15.0. The van der Waals surface area contributed by atoms with Crippen LogP contribution in [0.5, 0.6) is 0 Å². The van der Waals surface area contributed by atoms with Crippen molar-refractivity contribution in [2.75, 3.05) is 12.3 Å². The van der Waals surface area contributed by atoms with E-state index in [-0.39, 0.29) is 11.6 Å². The fourth-order valence-corrected chi connectivity index (χ4v) is 1.33. The summed E-state index contributed by atoms with van der Waals surface area (Å²) in [7, 11) is 0. The molecule has 0 spiro atoms. The first-order valence-corrected chi connectivity index (χ1v) is 5.00. The number of benzene rings is 1. The molecule has 80 valence electrons. The first-order valence-electron chi connectivity index (χ1n) is 5.00. The van der Waals surface area contributed by atoms with Crippen LogP contribution in [0.15, 0.2) is 18.2 Å². The molecule has 1 amide bonds. The summed E-state index contributed by atoms with van der Waals surface area (Å²) in [5, 5.41) is 2.76. The summed E-state index contributed by atoms with van der Waals surface area (Å²) < 4.78 is 13.0. The first kappa shape index (κ1) is 9.96. The van der Waals surface area contributed by atoms with Crippen molar-refractivity contribution in [1.29, 1.82) is 0 Å². The van der Waals surface area contributed by atoms with Crippen LogP contribution in [0.3, 0.4) is 0 Å². The van der Waals surface area contributed by atoms with Crippen LogP contribution in [-0.2, 0) is 0 Å². The highest BCUT2D eigenvalue weighted by Crippen LogP contribution is 2.27. The van der Waals surface area contributed by atoms with Gasteiger partial charge in [-0.25, -0.2) is 4.39 Å². The molecule has 0 atom stereocenters. The second-order valence-electron chi connectivity index (χ2n) is 3.89.